The van der Waals surface area contributed by atoms with E-state index < -0.39 is 0 Å². The summed E-state index contributed by atoms with van der Waals surface area (Å²) in [5.74, 6) is 1.02. The van der Waals surface area contributed by atoms with Crippen molar-refractivity contribution in [3.8, 4) is 0 Å². The van der Waals surface area contributed by atoms with Gasteiger partial charge in [0.2, 0.25) is 0 Å². The van der Waals surface area contributed by atoms with Gasteiger partial charge in [-0.3, -0.25) is 4.79 Å². The minimum absolute atomic E-state index is 0.0292. The Morgan fingerprint density at radius 1 is 0.871 bits per heavy atom. The average molecular weight is 431 g/mol. The van der Waals surface area contributed by atoms with Crippen LogP contribution in [0.5, 0.6) is 0 Å². The number of rotatable bonds is 5. The number of benzene rings is 3. The number of thioether (sulfide) groups is 1. The number of hydrogen-bond donors (Lipinski definition) is 0. The number of aromatic nitrogens is 4. The molecule has 31 heavy (non-hydrogen) atoms. The molecule has 154 valence electrons. The van der Waals surface area contributed by atoms with E-state index in [1.165, 1.54) is 17.8 Å². The maximum atomic E-state index is 13.9. The van der Waals surface area contributed by atoms with Crippen LogP contribution in [0, 0.1) is 5.82 Å². The van der Waals surface area contributed by atoms with Gasteiger partial charge in [0, 0.05) is 23.6 Å². The summed E-state index contributed by atoms with van der Waals surface area (Å²) >= 11 is 1.45. The van der Waals surface area contributed by atoms with Crippen molar-refractivity contribution in [2.24, 2.45) is 7.05 Å². The molecule has 0 atom stereocenters. The van der Waals surface area contributed by atoms with Gasteiger partial charge in [-0.15, -0.1) is 10.2 Å². The second kappa shape index (κ2) is 8.00. The lowest BCUT2D eigenvalue weighted by Gasteiger charge is -2.15. The highest BCUT2D eigenvalue weighted by molar-refractivity contribution is 7.98. The highest BCUT2D eigenvalue weighted by atomic mass is 32.2. The number of fused-ring (bicyclic) bond motifs is 2. The Kier molecular flexibility index (Phi) is 5.03. The monoisotopic (exact) mass is 430 g/mol. The normalized spacial score (nSPS) is 11.4. The van der Waals surface area contributed by atoms with E-state index in [9.17, 15) is 9.18 Å². The number of pyridine rings is 1. The van der Waals surface area contributed by atoms with Crippen LogP contribution in [-0.4, -0.2) is 19.3 Å². The summed E-state index contributed by atoms with van der Waals surface area (Å²) in [6, 6.07) is 22.0. The summed E-state index contributed by atoms with van der Waals surface area (Å²) < 4.78 is 18.0. The molecule has 5 aromatic rings. The Morgan fingerprint density at radius 2 is 1.48 bits per heavy atom. The van der Waals surface area contributed by atoms with Crippen molar-refractivity contribution in [3.05, 3.63) is 100 Å². The zero-order chi connectivity index (χ0) is 21.4. The standard InChI is InChI=1S/C24H19FN4OS/c1-28-22(26-27-24(28)31-15-16-8-2-5-11-19(16)25)14-29-20-12-6-3-9-17(20)23(30)18-10-4-7-13-21(18)29/h2-13H,14-15H2,1H3. The van der Waals surface area contributed by atoms with E-state index in [-0.39, 0.29) is 11.2 Å². The Balaban J connectivity index is 1.53. The van der Waals surface area contributed by atoms with Crippen molar-refractivity contribution in [1.29, 1.82) is 0 Å². The first-order valence-corrected chi connectivity index (χ1v) is 10.9. The van der Waals surface area contributed by atoms with E-state index in [1.807, 2.05) is 66.2 Å². The fraction of sp³-hybridized carbons (Fsp3) is 0.125. The molecule has 0 spiro atoms. The fourth-order valence-electron chi connectivity index (χ4n) is 3.75. The van der Waals surface area contributed by atoms with E-state index in [0.717, 1.165) is 16.9 Å². The molecule has 0 amide bonds. The molecule has 0 aliphatic carbocycles. The fourth-order valence-corrected chi connectivity index (χ4v) is 4.67. The molecule has 0 saturated heterocycles. The predicted molar refractivity (Wildman–Crippen MR) is 122 cm³/mol. The first kappa shape index (κ1) is 19.5. The molecule has 0 bridgehead atoms. The third kappa shape index (κ3) is 3.51. The molecule has 3 aromatic carbocycles. The predicted octanol–water partition coefficient (Wildman–Crippen LogP) is 4.76. The topological polar surface area (TPSA) is 52.7 Å². The second-order valence-corrected chi connectivity index (χ2v) is 8.23. The van der Waals surface area contributed by atoms with Crippen LogP contribution in [0.2, 0.25) is 0 Å². The second-order valence-electron chi connectivity index (χ2n) is 7.29. The molecule has 5 rings (SSSR count). The van der Waals surface area contributed by atoms with Crippen LogP contribution in [0.25, 0.3) is 21.8 Å². The van der Waals surface area contributed by atoms with Crippen molar-refractivity contribution in [2.75, 3.05) is 0 Å². The minimum Gasteiger partial charge on any atom is -0.333 e. The van der Waals surface area contributed by atoms with Crippen LogP contribution in [0.15, 0.2) is 82.7 Å². The number of halogens is 1. The van der Waals surface area contributed by atoms with Gasteiger partial charge in [-0.1, -0.05) is 54.2 Å². The molecular weight excluding hydrogens is 411 g/mol. The number of para-hydroxylation sites is 2. The van der Waals surface area contributed by atoms with Crippen LogP contribution in [0.1, 0.15) is 11.4 Å². The first-order valence-electron chi connectivity index (χ1n) is 9.88. The lowest BCUT2D eigenvalue weighted by Crippen LogP contribution is -2.14. The van der Waals surface area contributed by atoms with Gasteiger partial charge < -0.3 is 9.13 Å². The van der Waals surface area contributed by atoms with Crippen molar-refractivity contribution in [3.63, 3.8) is 0 Å². The van der Waals surface area contributed by atoms with Gasteiger partial charge in [-0.2, -0.15) is 0 Å². The van der Waals surface area contributed by atoms with Gasteiger partial charge in [0.1, 0.15) is 5.82 Å². The van der Waals surface area contributed by atoms with Crippen LogP contribution >= 0.6 is 11.8 Å². The number of nitrogens with zero attached hydrogens (tertiary/aromatic N) is 4. The molecule has 0 unspecified atom stereocenters. The van der Waals surface area contributed by atoms with Gasteiger partial charge in [0.05, 0.1) is 17.6 Å². The summed E-state index contributed by atoms with van der Waals surface area (Å²) in [6.45, 7) is 0.463. The average Bonchev–Trinajstić information content (AvgIpc) is 3.15. The van der Waals surface area contributed by atoms with Crippen LogP contribution in [-0.2, 0) is 19.3 Å². The highest BCUT2D eigenvalue weighted by Crippen LogP contribution is 2.24. The largest absolute Gasteiger partial charge is 0.333 e. The zero-order valence-electron chi connectivity index (χ0n) is 16.8. The van der Waals surface area contributed by atoms with E-state index in [1.54, 1.807) is 12.1 Å². The van der Waals surface area contributed by atoms with Gasteiger partial charge in [-0.05, 0) is 35.9 Å². The smallest absolute Gasteiger partial charge is 0.197 e. The summed E-state index contributed by atoms with van der Waals surface area (Å²) in [7, 11) is 1.91. The SMILES string of the molecule is Cn1c(Cn2c3ccccc3c(=O)c3ccccc32)nnc1SCc1ccccc1F. The Morgan fingerprint density at radius 3 is 2.16 bits per heavy atom. The molecule has 0 aliphatic heterocycles. The number of hydrogen-bond acceptors (Lipinski definition) is 4. The molecule has 0 aliphatic rings. The van der Waals surface area contributed by atoms with Crippen molar-refractivity contribution in [2.45, 2.75) is 17.5 Å². The molecule has 0 radical (unpaired) electrons. The molecule has 2 heterocycles. The molecule has 7 heteroatoms. The molecular formula is C24H19FN4OS. The minimum atomic E-state index is -0.219. The summed E-state index contributed by atoms with van der Waals surface area (Å²) in [5, 5.41) is 10.8. The Labute approximate surface area is 182 Å². The Bertz CT molecular complexity index is 1410. The van der Waals surface area contributed by atoms with Crippen LogP contribution in [0.4, 0.5) is 4.39 Å². The maximum absolute atomic E-state index is 13.9. The maximum Gasteiger partial charge on any atom is 0.197 e. The van der Waals surface area contributed by atoms with Crippen LogP contribution in [0.3, 0.4) is 0 Å². The van der Waals surface area contributed by atoms with Crippen molar-refractivity contribution in [1.82, 2.24) is 19.3 Å². The quantitative estimate of drug-likeness (QED) is 0.298. The van der Waals surface area contributed by atoms with E-state index >= 15 is 0 Å². The summed E-state index contributed by atoms with van der Waals surface area (Å²) in [5.41, 5.74) is 2.38. The lowest BCUT2D eigenvalue weighted by molar-refractivity contribution is 0.617. The third-order valence-electron chi connectivity index (χ3n) is 5.42. The van der Waals surface area contributed by atoms with Crippen molar-refractivity contribution >= 4 is 33.6 Å². The lowest BCUT2D eigenvalue weighted by atomic mass is 10.1. The molecule has 0 saturated carbocycles. The van der Waals surface area contributed by atoms with Gasteiger partial charge in [0.25, 0.3) is 0 Å². The third-order valence-corrected chi connectivity index (χ3v) is 6.49. The summed E-state index contributed by atoms with van der Waals surface area (Å²) in [4.78, 5) is 12.9. The molecule has 5 nitrogen and oxygen atoms in total. The van der Waals surface area contributed by atoms with E-state index in [4.69, 9.17) is 0 Å². The van der Waals surface area contributed by atoms with Crippen LogP contribution < -0.4 is 5.43 Å². The van der Waals surface area contributed by atoms with E-state index in [2.05, 4.69) is 14.8 Å². The molecule has 2 aromatic heterocycles. The van der Waals surface area contributed by atoms with Gasteiger partial charge in [-0.25, -0.2) is 4.39 Å². The van der Waals surface area contributed by atoms with Gasteiger partial charge >= 0.3 is 0 Å². The molecule has 0 fully saturated rings. The zero-order valence-corrected chi connectivity index (χ0v) is 17.6. The first-order chi connectivity index (χ1) is 15.1. The van der Waals surface area contributed by atoms with Gasteiger partial charge in [0.15, 0.2) is 16.4 Å². The molecule has 0 N–H and O–H groups in total. The summed E-state index contributed by atoms with van der Waals surface area (Å²) in [6.07, 6.45) is 0. The van der Waals surface area contributed by atoms with E-state index in [0.29, 0.717) is 33.8 Å². The highest BCUT2D eigenvalue weighted by Gasteiger charge is 2.15. The Hall–Kier alpha value is -3.45. The van der Waals surface area contributed by atoms with Crippen molar-refractivity contribution < 1.29 is 4.39 Å².